The summed E-state index contributed by atoms with van der Waals surface area (Å²) in [5.74, 6) is -1.29. The number of halogens is 2. The van der Waals surface area contributed by atoms with Gasteiger partial charge < -0.3 is 5.73 Å². The first-order valence-electron chi connectivity index (χ1n) is 9.03. The first kappa shape index (κ1) is 20.4. The predicted octanol–water partition coefficient (Wildman–Crippen LogP) is 3.63. The molecule has 1 aliphatic heterocycles. The van der Waals surface area contributed by atoms with Crippen molar-refractivity contribution in [2.45, 2.75) is 13.3 Å². The van der Waals surface area contributed by atoms with Crippen LogP contribution in [0.4, 0.5) is 14.5 Å². The number of quaternary nitrogens is 1. The average Bonchev–Trinajstić information content (AvgIpc) is 2.70. The zero-order chi connectivity index (χ0) is 20.4. The Bertz CT molecular complexity index is 1050. The highest BCUT2D eigenvalue weighted by atomic mass is 32.2. The molecule has 0 aromatic heterocycles. The lowest BCUT2D eigenvalue weighted by molar-refractivity contribution is 0.510. The van der Waals surface area contributed by atoms with E-state index in [-0.39, 0.29) is 29.2 Å². The van der Waals surface area contributed by atoms with Crippen LogP contribution < -0.4 is 9.62 Å². The van der Waals surface area contributed by atoms with Crippen LogP contribution in [0.15, 0.2) is 66.4 Å². The molecule has 2 N–H and O–H groups in total. The number of hydrogen-bond donors (Lipinski definition) is 1. The molecule has 3 rings (SSSR count). The Morgan fingerprint density at radius 2 is 1.93 bits per heavy atom. The molecule has 0 saturated heterocycles. The molecule has 28 heavy (non-hydrogen) atoms. The lowest BCUT2D eigenvalue weighted by atomic mass is 10.0. The number of rotatable bonds is 6. The third-order valence-corrected chi connectivity index (χ3v) is 7.12. The molecule has 2 aromatic carbocycles. The van der Waals surface area contributed by atoms with E-state index in [1.807, 2.05) is 12.2 Å². The van der Waals surface area contributed by atoms with Gasteiger partial charge in [-0.05, 0) is 30.2 Å². The molecule has 1 heterocycles. The Hall–Kier alpha value is -2.35. The molecule has 1 atom stereocenters. The van der Waals surface area contributed by atoms with E-state index in [0.717, 1.165) is 17.2 Å². The maximum absolute atomic E-state index is 14.0. The first-order valence-corrected chi connectivity index (χ1v) is 10.6. The first-order chi connectivity index (χ1) is 13.3. The molecular formula is C21H23F2N2O2S+. The Balaban J connectivity index is 2.07. The highest BCUT2D eigenvalue weighted by Gasteiger charge is 2.42. The molecule has 0 amide bonds. The van der Waals surface area contributed by atoms with E-state index in [1.165, 1.54) is 12.1 Å². The summed E-state index contributed by atoms with van der Waals surface area (Å²) < 4.78 is 52.9. The Morgan fingerprint density at radius 3 is 2.61 bits per heavy atom. The molecule has 0 fully saturated rings. The maximum Gasteiger partial charge on any atom is 0.306 e. The van der Waals surface area contributed by atoms with Crippen LogP contribution in [0.5, 0.6) is 0 Å². The SMILES string of the molecule is CCS(=O)(=O)[N+]1(c2cccc(Cc3ccc(F)cc3F)c2)C=C(CN)C=CC1. The number of benzene rings is 2. The summed E-state index contributed by atoms with van der Waals surface area (Å²) in [4.78, 5) is 0. The van der Waals surface area contributed by atoms with Crippen LogP contribution in [0.25, 0.3) is 0 Å². The summed E-state index contributed by atoms with van der Waals surface area (Å²) in [7, 11) is -3.55. The number of nitrogens with two attached hydrogens (primary N) is 1. The van der Waals surface area contributed by atoms with Crippen LogP contribution in [0.1, 0.15) is 18.1 Å². The van der Waals surface area contributed by atoms with Gasteiger partial charge >= 0.3 is 10.0 Å². The highest BCUT2D eigenvalue weighted by Crippen LogP contribution is 2.33. The van der Waals surface area contributed by atoms with Crippen LogP contribution in [-0.2, 0) is 16.4 Å². The van der Waals surface area contributed by atoms with Crippen molar-refractivity contribution in [1.29, 1.82) is 0 Å². The number of sulfonamides is 1. The van der Waals surface area contributed by atoms with Gasteiger partial charge in [-0.25, -0.2) is 8.78 Å². The van der Waals surface area contributed by atoms with Crippen molar-refractivity contribution in [3.05, 3.63) is 89.2 Å². The van der Waals surface area contributed by atoms with Gasteiger partial charge in [0.15, 0.2) is 5.69 Å². The van der Waals surface area contributed by atoms with Crippen LogP contribution in [0.2, 0.25) is 0 Å². The maximum atomic E-state index is 14.0. The van der Waals surface area contributed by atoms with Crippen molar-refractivity contribution < 1.29 is 17.2 Å². The Kier molecular flexibility index (Phi) is 5.79. The van der Waals surface area contributed by atoms with Crippen LogP contribution in [-0.4, -0.2) is 27.3 Å². The second-order valence-electron chi connectivity index (χ2n) is 6.74. The van der Waals surface area contributed by atoms with Gasteiger partial charge in [-0.3, -0.25) is 0 Å². The van der Waals surface area contributed by atoms with Crippen molar-refractivity contribution in [1.82, 2.24) is 3.89 Å². The summed E-state index contributed by atoms with van der Waals surface area (Å²) in [5.41, 5.74) is 8.14. The third-order valence-electron chi connectivity index (χ3n) is 4.94. The molecule has 1 aliphatic rings. The standard InChI is InChI=1S/C21H23F2N2O2S/c1-2-28(26,27)25(10-4-6-17(14-24)15-25)20-7-3-5-16(12-20)11-18-8-9-19(22)13-21(18)23/h3-9,12-13,15H,2,10-11,14,24H2,1H3/q+1. The lowest BCUT2D eigenvalue weighted by Gasteiger charge is -2.34. The second kappa shape index (κ2) is 7.95. The molecule has 0 spiro atoms. The van der Waals surface area contributed by atoms with Crippen molar-refractivity contribution in [3.63, 3.8) is 0 Å². The third kappa shape index (κ3) is 3.78. The minimum atomic E-state index is -3.55. The monoisotopic (exact) mass is 405 g/mol. The van der Waals surface area contributed by atoms with Gasteiger partial charge in [0, 0.05) is 36.7 Å². The summed E-state index contributed by atoms with van der Waals surface area (Å²) in [5, 5.41) is 0. The molecule has 4 nitrogen and oxygen atoms in total. The van der Waals surface area contributed by atoms with E-state index in [0.29, 0.717) is 11.3 Å². The molecule has 2 aromatic rings. The van der Waals surface area contributed by atoms with Gasteiger partial charge in [-0.15, -0.1) is 0 Å². The summed E-state index contributed by atoms with van der Waals surface area (Å²) in [6.45, 7) is 2.10. The van der Waals surface area contributed by atoms with Gasteiger partial charge in [0.05, 0.1) is 5.75 Å². The van der Waals surface area contributed by atoms with Crippen molar-refractivity contribution in [2.75, 3.05) is 18.8 Å². The Labute approximate surface area is 164 Å². The largest absolute Gasteiger partial charge is 0.326 e. The van der Waals surface area contributed by atoms with Gasteiger partial charge in [0.25, 0.3) is 0 Å². The molecule has 0 bridgehead atoms. The number of hydrogen-bond acceptors (Lipinski definition) is 3. The van der Waals surface area contributed by atoms with E-state index in [4.69, 9.17) is 5.73 Å². The highest BCUT2D eigenvalue weighted by molar-refractivity contribution is 7.91. The fourth-order valence-electron chi connectivity index (χ4n) is 3.40. The van der Waals surface area contributed by atoms with Gasteiger partial charge in [-0.2, -0.15) is 12.3 Å². The molecule has 1 unspecified atom stereocenters. The van der Waals surface area contributed by atoms with E-state index in [9.17, 15) is 17.2 Å². The molecule has 0 saturated carbocycles. The second-order valence-corrected chi connectivity index (χ2v) is 9.13. The fourth-order valence-corrected chi connectivity index (χ4v) is 4.90. The summed E-state index contributed by atoms with van der Waals surface area (Å²) in [6.07, 6.45) is 5.55. The van der Waals surface area contributed by atoms with E-state index >= 15 is 0 Å². The molecule has 148 valence electrons. The zero-order valence-electron chi connectivity index (χ0n) is 15.6. The van der Waals surface area contributed by atoms with Gasteiger partial charge in [0.1, 0.15) is 24.4 Å². The van der Waals surface area contributed by atoms with Crippen molar-refractivity contribution in [3.8, 4) is 0 Å². The topological polar surface area (TPSA) is 60.2 Å². The Morgan fingerprint density at radius 1 is 1.14 bits per heavy atom. The van der Waals surface area contributed by atoms with E-state index in [2.05, 4.69) is 0 Å². The van der Waals surface area contributed by atoms with Gasteiger partial charge in [0.2, 0.25) is 0 Å². The molecule has 7 heteroatoms. The van der Waals surface area contributed by atoms with Crippen LogP contribution in [0, 0.1) is 11.6 Å². The molecule has 0 aliphatic carbocycles. The van der Waals surface area contributed by atoms with E-state index < -0.39 is 21.7 Å². The quantitative estimate of drug-likeness (QED) is 0.747. The van der Waals surface area contributed by atoms with Crippen LogP contribution in [0.3, 0.4) is 0 Å². The predicted molar refractivity (Wildman–Crippen MR) is 108 cm³/mol. The zero-order valence-corrected chi connectivity index (χ0v) is 16.4. The van der Waals surface area contributed by atoms with Crippen molar-refractivity contribution >= 4 is 15.7 Å². The van der Waals surface area contributed by atoms with Crippen molar-refractivity contribution in [2.24, 2.45) is 5.73 Å². The smallest absolute Gasteiger partial charge is 0.306 e. The number of nitrogens with zero attached hydrogens (tertiary/aromatic N) is 1. The minimum absolute atomic E-state index is 0.0357. The molecular weight excluding hydrogens is 382 g/mol. The fraction of sp³-hybridized carbons (Fsp3) is 0.238. The average molecular weight is 405 g/mol. The van der Waals surface area contributed by atoms with Gasteiger partial charge in [-0.1, -0.05) is 24.3 Å². The molecule has 0 radical (unpaired) electrons. The summed E-state index contributed by atoms with van der Waals surface area (Å²) >= 11 is 0. The normalized spacial score (nSPS) is 19.5. The van der Waals surface area contributed by atoms with Crippen LogP contribution >= 0.6 is 0 Å². The summed E-state index contributed by atoms with van der Waals surface area (Å²) in [6, 6.07) is 10.5. The minimum Gasteiger partial charge on any atom is -0.326 e. The van der Waals surface area contributed by atoms with E-state index in [1.54, 1.807) is 37.4 Å². The lowest BCUT2D eigenvalue weighted by Crippen LogP contribution is -2.51.